The van der Waals surface area contributed by atoms with Gasteiger partial charge in [0.2, 0.25) is 0 Å². The Morgan fingerprint density at radius 1 is 1.60 bits per heavy atom. The molecule has 0 aromatic heterocycles. The van der Waals surface area contributed by atoms with Gasteiger partial charge in [-0.15, -0.1) is 0 Å². The summed E-state index contributed by atoms with van der Waals surface area (Å²) in [5, 5.41) is 0. The monoisotopic (exact) mass is 74.1 g/mol. The van der Waals surface area contributed by atoms with E-state index in [0.717, 1.165) is 0 Å². The molecule has 2 heteroatoms. The quantitative estimate of drug-likeness (QED) is 0.363. The van der Waals surface area contributed by atoms with Gasteiger partial charge in [-0.25, -0.2) is 0 Å². The second-order valence-electron chi connectivity index (χ2n) is 2.07. The van der Waals surface area contributed by atoms with E-state index < -0.39 is 5.57 Å². The van der Waals surface area contributed by atoms with Crippen LogP contribution in [0.5, 0.6) is 0 Å². The molecule has 0 fully saturated rings. The Balaban J connectivity index is 3.02. The third-order valence-electron chi connectivity index (χ3n) is 0. The van der Waals surface area contributed by atoms with Gasteiger partial charge in [0.05, 0.1) is 5.57 Å². The SMILES string of the molecule is BC(C)(C)F. The molecule has 30 valence electrons. The highest BCUT2D eigenvalue weighted by Gasteiger charge is 2.02. The maximum atomic E-state index is 11.7. The number of rotatable bonds is 0. The van der Waals surface area contributed by atoms with Crippen LogP contribution in [0.25, 0.3) is 0 Å². The molecular weight excluding hydrogens is 65.8 g/mol. The lowest BCUT2D eigenvalue weighted by Crippen LogP contribution is -2.09. The molecule has 0 rings (SSSR count). The first kappa shape index (κ1) is 4.99. The Bertz CT molecular complexity index is 22.4. The first-order valence-electron chi connectivity index (χ1n) is 1.69. The second kappa shape index (κ2) is 0.997. The summed E-state index contributed by atoms with van der Waals surface area (Å²) in [6.07, 6.45) is 0. The van der Waals surface area contributed by atoms with Gasteiger partial charge in [-0.1, -0.05) is 0 Å². The average molecular weight is 73.9 g/mol. The molecule has 0 aromatic rings. The van der Waals surface area contributed by atoms with Crippen molar-refractivity contribution in [3.05, 3.63) is 0 Å². The summed E-state index contributed by atoms with van der Waals surface area (Å²) in [5.41, 5.74) is -1.00. The van der Waals surface area contributed by atoms with Crippen LogP contribution in [0.15, 0.2) is 0 Å². The van der Waals surface area contributed by atoms with Gasteiger partial charge in [-0.05, 0) is 13.8 Å². The maximum absolute atomic E-state index is 11.7. The molecule has 0 N–H and O–H groups in total. The van der Waals surface area contributed by atoms with Crippen molar-refractivity contribution in [2.45, 2.75) is 19.4 Å². The molecule has 0 nitrogen and oxygen atoms in total. The smallest absolute Gasteiger partial charge is 0.149 e. The zero-order chi connectivity index (χ0) is 4.50. The molecule has 0 heterocycles. The third kappa shape index (κ3) is 620000. The number of hydrogen-bond acceptors (Lipinski definition) is 0. The molecule has 0 atom stereocenters. The van der Waals surface area contributed by atoms with Crippen LogP contribution in [0.4, 0.5) is 4.39 Å². The molecule has 0 unspecified atom stereocenters. The van der Waals surface area contributed by atoms with Gasteiger partial charge in [0, 0.05) is 0 Å². The summed E-state index contributed by atoms with van der Waals surface area (Å²) >= 11 is 0. The van der Waals surface area contributed by atoms with Gasteiger partial charge in [0.25, 0.3) is 0 Å². The first-order valence-corrected chi connectivity index (χ1v) is 1.69. The molecule has 0 aliphatic rings. The minimum Gasteiger partial charge on any atom is -0.255 e. The fraction of sp³-hybridized carbons (Fsp3) is 1.00. The highest BCUT2D eigenvalue weighted by Crippen LogP contribution is 1.97. The van der Waals surface area contributed by atoms with Gasteiger partial charge in [0.15, 0.2) is 0 Å². The van der Waals surface area contributed by atoms with Crippen molar-refractivity contribution >= 4 is 7.85 Å². The largest absolute Gasteiger partial charge is 0.255 e. The van der Waals surface area contributed by atoms with E-state index in [9.17, 15) is 4.39 Å². The number of alkyl halides is 1. The van der Waals surface area contributed by atoms with Crippen LogP contribution in [0.2, 0.25) is 0 Å². The Labute approximate surface area is 32.8 Å². The Kier molecular flexibility index (Phi) is 0.996. The van der Waals surface area contributed by atoms with E-state index in [0.29, 0.717) is 0 Å². The molecule has 0 aromatic carbocycles. The number of halogens is 1. The van der Waals surface area contributed by atoms with Crippen molar-refractivity contribution in [1.29, 1.82) is 0 Å². The van der Waals surface area contributed by atoms with E-state index in [4.69, 9.17) is 0 Å². The van der Waals surface area contributed by atoms with E-state index in [1.807, 2.05) is 0 Å². The van der Waals surface area contributed by atoms with Crippen LogP contribution >= 0.6 is 0 Å². The van der Waals surface area contributed by atoms with E-state index in [-0.39, 0.29) is 0 Å². The van der Waals surface area contributed by atoms with E-state index in [2.05, 4.69) is 0 Å². The molecule has 0 amide bonds. The fourth-order valence-electron chi connectivity index (χ4n) is 0. The minimum atomic E-state index is -1.00. The average Bonchev–Trinajstić information content (AvgIpc) is 0.722. The lowest BCUT2D eigenvalue weighted by Gasteiger charge is -1.99. The lowest BCUT2D eigenvalue weighted by molar-refractivity contribution is 0.335. The summed E-state index contributed by atoms with van der Waals surface area (Å²) in [6.45, 7) is 3.04. The van der Waals surface area contributed by atoms with Crippen molar-refractivity contribution in [2.75, 3.05) is 0 Å². The molecule has 5 heavy (non-hydrogen) atoms. The van der Waals surface area contributed by atoms with Gasteiger partial charge >= 0.3 is 0 Å². The zero-order valence-electron chi connectivity index (χ0n) is 3.88. The van der Waals surface area contributed by atoms with E-state index >= 15 is 0 Å². The second-order valence-corrected chi connectivity index (χ2v) is 2.07. The summed E-state index contributed by atoms with van der Waals surface area (Å²) in [7, 11) is 1.52. The predicted octanol–water partition coefficient (Wildman–Crippen LogP) is 0.325. The van der Waals surface area contributed by atoms with Crippen LogP contribution in [-0.4, -0.2) is 13.4 Å². The topological polar surface area (TPSA) is 0 Å². The Morgan fingerprint density at radius 3 is 1.60 bits per heavy atom. The molecule has 0 saturated heterocycles. The van der Waals surface area contributed by atoms with E-state index in [1.165, 1.54) is 21.7 Å². The minimum absolute atomic E-state index is 1.00. The summed E-state index contributed by atoms with van der Waals surface area (Å²) in [5.74, 6) is 0. The highest BCUT2D eigenvalue weighted by molar-refractivity contribution is 6.13. The van der Waals surface area contributed by atoms with Crippen molar-refractivity contribution < 1.29 is 4.39 Å². The van der Waals surface area contributed by atoms with Crippen molar-refractivity contribution in [3.8, 4) is 0 Å². The predicted molar refractivity (Wildman–Crippen MR) is 23.7 cm³/mol. The third-order valence-corrected chi connectivity index (χ3v) is 0. The molecule has 0 saturated carbocycles. The summed E-state index contributed by atoms with van der Waals surface area (Å²) < 4.78 is 11.7. The summed E-state index contributed by atoms with van der Waals surface area (Å²) in [4.78, 5) is 0. The van der Waals surface area contributed by atoms with Crippen molar-refractivity contribution in [1.82, 2.24) is 0 Å². The van der Waals surface area contributed by atoms with Crippen LogP contribution in [0.1, 0.15) is 13.8 Å². The van der Waals surface area contributed by atoms with E-state index in [1.54, 1.807) is 0 Å². The molecule has 0 bridgehead atoms. The molecule has 0 radical (unpaired) electrons. The normalized spacial score (nSPS) is 11.8. The lowest BCUT2D eigenvalue weighted by atomic mass is 9.88. The van der Waals surface area contributed by atoms with Gasteiger partial charge in [0.1, 0.15) is 7.85 Å². The van der Waals surface area contributed by atoms with Crippen LogP contribution in [0, 0.1) is 0 Å². The maximum Gasteiger partial charge on any atom is 0.149 e. The van der Waals surface area contributed by atoms with Crippen LogP contribution in [0.3, 0.4) is 0 Å². The first-order chi connectivity index (χ1) is 2.00. The number of hydrogen-bond donors (Lipinski definition) is 0. The fourth-order valence-corrected chi connectivity index (χ4v) is 0. The molecule has 0 aliphatic heterocycles. The Morgan fingerprint density at radius 2 is 1.60 bits per heavy atom. The highest BCUT2D eigenvalue weighted by atomic mass is 19.1. The van der Waals surface area contributed by atoms with Gasteiger partial charge in [-0.2, -0.15) is 0 Å². The van der Waals surface area contributed by atoms with Gasteiger partial charge < -0.3 is 0 Å². The molecule has 0 aliphatic carbocycles. The van der Waals surface area contributed by atoms with Crippen molar-refractivity contribution in [3.63, 3.8) is 0 Å². The standard InChI is InChI=1S/C3H8BF/c1-3(2,4)5/h4H2,1-2H3. The zero-order valence-corrected chi connectivity index (χ0v) is 3.88. The van der Waals surface area contributed by atoms with Gasteiger partial charge in [-0.3, -0.25) is 4.39 Å². The molecular formula is C3H8BF. The summed E-state index contributed by atoms with van der Waals surface area (Å²) in [6, 6.07) is 0. The van der Waals surface area contributed by atoms with Crippen LogP contribution in [-0.2, 0) is 0 Å². The Hall–Kier alpha value is -0.00506. The van der Waals surface area contributed by atoms with Crippen LogP contribution < -0.4 is 0 Å². The molecule has 0 spiro atoms. The van der Waals surface area contributed by atoms with Crippen molar-refractivity contribution in [2.24, 2.45) is 0 Å².